The van der Waals surface area contributed by atoms with Crippen LogP contribution >= 0.6 is 0 Å². The van der Waals surface area contributed by atoms with E-state index in [-0.39, 0.29) is 0 Å². The normalized spacial score (nSPS) is 12.5. The van der Waals surface area contributed by atoms with Gasteiger partial charge in [0.25, 0.3) is 0 Å². The molecule has 0 fully saturated rings. The molecule has 1 aromatic rings. The number of rotatable bonds is 6. The molecule has 0 aliphatic heterocycles. The number of aliphatic hydroxyl groups excluding tert-OH is 1. The number of benzene rings is 1. The molecule has 2 nitrogen and oxygen atoms in total. The topological polar surface area (TPSA) is 29.5 Å². The highest BCUT2D eigenvalue weighted by molar-refractivity contribution is 5.43. The third-order valence-electron chi connectivity index (χ3n) is 2.96. The van der Waals surface area contributed by atoms with Gasteiger partial charge >= 0.3 is 0 Å². The highest BCUT2D eigenvalue weighted by atomic mass is 16.5. The van der Waals surface area contributed by atoms with Crippen LogP contribution in [0.15, 0.2) is 12.1 Å². The molecule has 0 saturated carbocycles. The minimum atomic E-state index is -0.415. The predicted octanol–water partition coefficient (Wildman–Crippen LogP) is 3.93. The summed E-state index contributed by atoms with van der Waals surface area (Å²) in [5, 5.41) is 9.57. The lowest BCUT2D eigenvalue weighted by molar-refractivity contribution is 0.199. The maximum absolute atomic E-state index is 9.57. The Morgan fingerprint density at radius 3 is 2.24 bits per heavy atom. The van der Waals surface area contributed by atoms with Gasteiger partial charge in [-0.1, -0.05) is 19.8 Å². The Balaban J connectivity index is 2.72. The summed E-state index contributed by atoms with van der Waals surface area (Å²) in [4.78, 5) is 0. The number of ether oxygens (including phenoxy) is 1. The predicted molar refractivity (Wildman–Crippen MR) is 71.6 cm³/mol. The van der Waals surface area contributed by atoms with Crippen LogP contribution in [0.2, 0.25) is 0 Å². The van der Waals surface area contributed by atoms with Crippen molar-refractivity contribution in [3.8, 4) is 5.75 Å². The molecule has 0 amide bonds. The van der Waals surface area contributed by atoms with Crippen LogP contribution in [-0.4, -0.2) is 11.7 Å². The molecule has 1 aromatic carbocycles. The van der Waals surface area contributed by atoms with Crippen molar-refractivity contribution in [1.82, 2.24) is 0 Å². The summed E-state index contributed by atoms with van der Waals surface area (Å²) in [6.45, 7) is 8.83. The van der Waals surface area contributed by atoms with Crippen LogP contribution in [0.4, 0.5) is 0 Å². The fraction of sp³-hybridized carbons (Fsp3) is 0.600. The molecule has 0 aliphatic carbocycles. The Hall–Kier alpha value is -1.02. The molecule has 0 aliphatic rings. The minimum Gasteiger partial charge on any atom is -0.493 e. The lowest BCUT2D eigenvalue weighted by Gasteiger charge is -2.15. The van der Waals surface area contributed by atoms with Gasteiger partial charge in [-0.05, 0) is 56.0 Å². The molecule has 0 unspecified atom stereocenters. The van der Waals surface area contributed by atoms with E-state index < -0.39 is 6.10 Å². The third-order valence-corrected chi connectivity index (χ3v) is 2.96. The SMILES string of the molecule is CCCCCOc1c(C)cc([C@H](C)O)cc1C. The zero-order valence-corrected chi connectivity index (χ0v) is 11.4. The molecule has 0 spiro atoms. The Bertz CT molecular complexity index is 333. The van der Waals surface area contributed by atoms with Crippen molar-refractivity contribution in [3.63, 3.8) is 0 Å². The average Bonchev–Trinajstić information content (AvgIpc) is 2.26. The van der Waals surface area contributed by atoms with Crippen LogP contribution in [0.25, 0.3) is 0 Å². The van der Waals surface area contributed by atoms with Gasteiger partial charge in [0.05, 0.1) is 12.7 Å². The summed E-state index contributed by atoms with van der Waals surface area (Å²) in [7, 11) is 0. The van der Waals surface area contributed by atoms with E-state index >= 15 is 0 Å². The number of aliphatic hydroxyl groups is 1. The van der Waals surface area contributed by atoms with Crippen molar-refractivity contribution in [2.24, 2.45) is 0 Å². The lowest BCUT2D eigenvalue weighted by Crippen LogP contribution is -2.02. The molecule has 0 saturated heterocycles. The fourth-order valence-electron chi connectivity index (χ4n) is 1.98. The van der Waals surface area contributed by atoms with Crippen molar-refractivity contribution in [1.29, 1.82) is 0 Å². The molecule has 0 heterocycles. The van der Waals surface area contributed by atoms with Crippen LogP contribution < -0.4 is 4.74 Å². The first-order valence-corrected chi connectivity index (χ1v) is 6.48. The Kier molecular flexibility index (Phi) is 5.49. The van der Waals surface area contributed by atoms with E-state index in [4.69, 9.17) is 4.74 Å². The van der Waals surface area contributed by atoms with Crippen LogP contribution in [-0.2, 0) is 0 Å². The molecular formula is C15H24O2. The van der Waals surface area contributed by atoms with Crippen LogP contribution in [0.3, 0.4) is 0 Å². The summed E-state index contributed by atoms with van der Waals surface area (Å²) in [5.41, 5.74) is 3.18. The molecule has 1 rings (SSSR count). The second-order valence-corrected chi connectivity index (χ2v) is 4.72. The molecule has 1 atom stereocenters. The van der Waals surface area contributed by atoms with Crippen LogP contribution in [0.1, 0.15) is 55.9 Å². The van der Waals surface area contributed by atoms with Gasteiger partial charge in [0.2, 0.25) is 0 Å². The van der Waals surface area contributed by atoms with Crippen LogP contribution in [0, 0.1) is 13.8 Å². The third kappa shape index (κ3) is 4.04. The van der Waals surface area contributed by atoms with E-state index in [2.05, 4.69) is 6.92 Å². The molecule has 0 bridgehead atoms. The van der Waals surface area contributed by atoms with E-state index in [1.165, 1.54) is 12.8 Å². The summed E-state index contributed by atoms with van der Waals surface area (Å²) in [6.07, 6.45) is 3.11. The second kappa shape index (κ2) is 6.65. The van der Waals surface area contributed by atoms with Gasteiger partial charge in [-0.2, -0.15) is 0 Å². The molecule has 2 heteroatoms. The molecule has 0 aromatic heterocycles. The Morgan fingerprint density at radius 1 is 1.18 bits per heavy atom. The zero-order chi connectivity index (χ0) is 12.8. The molecule has 17 heavy (non-hydrogen) atoms. The quantitative estimate of drug-likeness (QED) is 0.758. The monoisotopic (exact) mass is 236 g/mol. The summed E-state index contributed by atoms with van der Waals surface area (Å²) in [5.74, 6) is 0.977. The van der Waals surface area contributed by atoms with Gasteiger partial charge < -0.3 is 9.84 Å². The van der Waals surface area contributed by atoms with E-state index in [9.17, 15) is 5.11 Å². The van der Waals surface area contributed by atoms with Gasteiger partial charge in [0.15, 0.2) is 0 Å². The van der Waals surface area contributed by atoms with Gasteiger partial charge in [-0.3, -0.25) is 0 Å². The summed E-state index contributed by atoms with van der Waals surface area (Å²) >= 11 is 0. The minimum absolute atomic E-state index is 0.415. The molecular weight excluding hydrogens is 212 g/mol. The smallest absolute Gasteiger partial charge is 0.125 e. The van der Waals surface area contributed by atoms with Crippen molar-refractivity contribution in [3.05, 3.63) is 28.8 Å². The first-order chi connectivity index (χ1) is 8.06. The van der Waals surface area contributed by atoms with Crippen molar-refractivity contribution < 1.29 is 9.84 Å². The lowest BCUT2D eigenvalue weighted by atomic mass is 10.0. The van der Waals surface area contributed by atoms with E-state index in [0.29, 0.717) is 0 Å². The second-order valence-electron chi connectivity index (χ2n) is 4.72. The van der Waals surface area contributed by atoms with Gasteiger partial charge in [-0.25, -0.2) is 0 Å². The standard InChI is InChI=1S/C15H24O2/c1-5-6-7-8-17-15-11(2)9-14(13(4)16)10-12(15)3/h9-10,13,16H,5-8H2,1-4H3/t13-/m0/s1. The summed E-state index contributed by atoms with van der Waals surface area (Å²) < 4.78 is 5.82. The average molecular weight is 236 g/mol. The number of hydrogen-bond donors (Lipinski definition) is 1. The van der Waals surface area contributed by atoms with Crippen molar-refractivity contribution in [2.45, 2.75) is 53.1 Å². The number of unbranched alkanes of at least 4 members (excludes halogenated alkanes) is 2. The van der Waals surface area contributed by atoms with Crippen LogP contribution in [0.5, 0.6) is 5.75 Å². The highest BCUT2D eigenvalue weighted by Gasteiger charge is 2.09. The van der Waals surface area contributed by atoms with Crippen molar-refractivity contribution in [2.75, 3.05) is 6.61 Å². The number of hydrogen-bond acceptors (Lipinski definition) is 2. The Labute approximate surface area is 105 Å². The Morgan fingerprint density at radius 2 is 1.76 bits per heavy atom. The number of aryl methyl sites for hydroxylation is 2. The maximum atomic E-state index is 9.57. The molecule has 96 valence electrons. The molecule has 0 radical (unpaired) electrons. The zero-order valence-electron chi connectivity index (χ0n) is 11.4. The summed E-state index contributed by atoms with van der Waals surface area (Å²) in [6, 6.07) is 4.01. The first-order valence-electron chi connectivity index (χ1n) is 6.48. The van der Waals surface area contributed by atoms with E-state index in [1.807, 2.05) is 26.0 Å². The first kappa shape index (κ1) is 14.0. The van der Waals surface area contributed by atoms with Gasteiger partial charge in [-0.15, -0.1) is 0 Å². The van der Waals surface area contributed by atoms with E-state index in [0.717, 1.165) is 35.5 Å². The fourth-order valence-corrected chi connectivity index (χ4v) is 1.98. The van der Waals surface area contributed by atoms with Gasteiger partial charge in [0, 0.05) is 0 Å². The van der Waals surface area contributed by atoms with Gasteiger partial charge in [0.1, 0.15) is 5.75 Å². The van der Waals surface area contributed by atoms with Crippen molar-refractivity contribution >= 4 is 0 Å². The highest BCUT2D eigenvalue weighted by Crippen LogP contribution is 2.27. The van der Waals surface area contributed by atoms with E-state index in [1.54, 1.807) is 6.92 Å². The largest absolute Gasteiger partial charge is 0.493 e. The maximum Gasteiger partial charge on any atom is 0.125 e. The molecule has 1 N–H and O–H groups in total.